The molecule has 25 heavy (non-hydrogen) atoms. The summed E-state index contributed by atoms with van der Waals surface area (Å²) in [5.41, 5.74) is 4.19. The molecule has 0 unspecified atom stereocenters. The Morgan fingerprint density at radius 3 is 2.52 bits per heavy atom. The quantitative estimate of drug-likeness (QED) is 0.435. The summed E-state index contributed by atoms with van der Waals surface area (Å²) >= 11 is 6.27. The standard InChI is InChI=1S/C21H27ClN2O/c1-7-24(6)13-23-20-10-16(5)21(11-15(20)4)25-17-8-9-19(22)18(12-17)14(2)3/h8-14H,7H2,1-6H3. The molecule has 0 aliphatic rings. The number of ether oxygens (including phenoxy) is 1. The van der Waals surface area contributed by atoms with Crippen LogP contribution in [0.15, 0.2) is 35.3 Å². The molecule has 0 fully saturated rings. The highest BCUT2D eigenvalue weighted by Crippen LogP contribution is 2.34. The van der Waals surface area contributed by atoms with Crippen molar-refractivity contribution in [2.75, 3.05) is 13.6 Å². The average Bonchev–Trinajstić information content (AvgIpc) is 2.57. The lowest BCUT2D eigenvalue weighted by atomic mass is 10.0. The lowest BCUT2D eigenvalue weighted by Crippen LogP contribution is -2.14. The molecule has 0 amide bonds. The summed E-state index contributed by atoms with van der Waals surface area (Å²) in [6.07, 6.45) is 1.86. The molecule has 134 valence electrons. The number of hydrogen-bond donors (Lipinski definition) is 0. The molecule has 0 heterocycles. The lowest BCUT2D eigenvalue weighted by Gasteiger charge is -2.15. The highest BCUT2D eigenvalue weighted by molar-refractivity contribution is 6.31. The van der Waals surface area contributed by atoms with Crippen LogP contribution in [0.25, 0.3) is 0 Å². The van der Waals surface area contributed by atoms with E-state index in [0.29, 0.717) is 5.92 Å². The van der Waals surface area contributed by atoms with Gasteiger partial charge in [-0.25, -0.2) is 4.99 Å². The zero-order valence-electron chi connectivity index (χ0n) is 15.9. The number of halogens is 1. The number of rotatable bonds is 6. The number of aryl methyl sites for hydroxylation is 2. The van der Waals surface area contributed by atoms with Gasteiger partial charge in [0.25, 0.3) is 0 Å². The molecule has 0 aromatic heterocycles. The second-order valence-corrected chi connectivity index (χ2v) is 7.07. The number of nitrogens with zero attached hydrogens (tertiary/aromatic N) is 2. The van der Waals surface area contributed by atoms with Crippen molar-refractivity contribution in [1.82, 2.24) is 4.90 Å². The van der Waals surface area contributed by atoms with Crippen LogP contribution >= 0.6 is 11.6 Å². The fourth-order valence-electron chi connectivity index (χ4n) is 2.42. The molecule has 0 N–H and O–H groups in total. The maximum Gasteiger partial charge on any atom is 0.130 e. The molecular weight excluding hydrogens is 332 g/mol. The van der Waals surface area contributed by atoms with E-state index in [1.807, 2.05) is 56.4 Å². The third-order valence-corrected chi connectivity index (χ3v) is 4.55. The SMILES string of the molecule is CCN(C)C=Nc1cc(C)c(Oc2ccc(Cl)c(C(C)C)c2)cc1C. The van der Waals surface area contributed by atoms with Crippen LogP contribution in [0.2, 0.25) is 5.02 Å². The zero-order valence-corrected chi connectivity index (χ0v) is 16.7. The second kappa shape index (κ2) is 8.39. The normalized spacial score (nSPS) is 11.4. The van der Waals surface area contributed by atoms with Crippen molar-refractivity contribution in [3.63, 3.8) is 0 Å². The van der Waals surface area contributed by atoms with Gasteiger partial charge in [-0.2, -0.15) is 0 Å². The molecule has 4 heteroatoms. The van der Waals surface area contributed by atoms with Crippen LogP contribution in [0.5, 0.6) is 11.5 Å². The lowest BCUT2D eigenvalue weighted by molar-refractivity contribution is 0.477. The Bertz CT molecular complexity index is 769. The molecular formula is C21H27ClN2O. The van der Waals surface area contributed by atoms with E-state index >= 15 is 0 Å². The predicted octanol–water partition coefficient (Wildman–Crippen LogP) is 6.48. The topological polar surface area (TPSA) is 24.8 Å². The van der Waals surface area contributed by atoms with Gasteiger partial charge in [0, 0.05) is 18.6 Å². The Morgan fingerprint density at radius 1 is 1.16 bits per heavy atom. The van der Waals surface area contributed by atoms with Crippen LogP contribution in [-0.2, 0) is 0 Å². The number of hydrogen-bond acceptors (Lipinski definition) is 2. The molecule has 2 aromatic carbocycles. The van der Waals surface area contributed by atoms with Crippen LogP contribution in [0, 0.1) is 13.8 Å². The Balaban J connectivity index is 2.28. The van der Waals surface area contributed by atoms with Crippen LogP contribution in [-0.4, -0.2) is 24.8 Å². The average molecular weight is 359 g/mol. The molecule has 0 bridgehead atoms. The van der Waals surface area contributed by atoms with Crippen LogP contribution in [0.3, 0.4) is 0 Å². The first-order valence-corrected chi connectivity index (χ1v) is 9.02. The minimum absolute atomic E-state index is 0.353. The molecule has 0 aliphatic carbocycles. The van der Waals surface area contributed by atoms with Gasteiger partial charge in [0.05, 0.1) is 12.0 Å². The molecule has 0 atom stereocenters. The summed E-state index contributed by atoms with van der Waals surface area (Å²) in [6, 6.07) is 9.92. The van der Waals surface area contributed by atoms with Crippen molar-refractivity contribution in [1.29, 1.82) is 0 Å². The van der Waals surface area contributed by atoms with Gasteiger partial charge in [-0.1, -0.05) is 25.4 Å². The Hall–Kier alpha value is -2.00. The second-order valence-electron chi connectivity index (χ2n) is 6.66. The van der Waals surface area contributed by atoms with Gasteiger partial charge < -0.3 is 9.64 Å². The molecule has 0 spiro atoms. The first-order chi connectivity index (χ1) is 11.8. The third-order valence-electron chi connectivity index (χ3n) is 4.20. The van der Waals surface area contributed by atoms with Gasteiger partial charge in [-0.15, -0.1) is 0 Å². The predicted molar refractivity (Wildman–Crippen MR) is 108 cm³/mol. The first kappa shape index (κ1) is 19.3. The summed E-state index contributed by atoms with van der Waals surface area (Å²) in [5.74, 6) is 2.00. The van der Waals surface area contributed by atoms with Gasteiger partial charge in [-0.3, -0.25) is 0 Å². The third kappa shape index (κ3) is 4.99. The van der Waals surface area contributed by atoms with E-state index in [9.17, 15) is 0 Å². The highest BCUT2D eigenvalue weighted by atomic mass is 35.5. The van der Waals surface area contributed by atoms with Crippen LogP contribution < -0.4 is 4.74 Å². The first-order valence-electron chi connectivity index (χ1n) is 8.64. The van der Waals surface area contributed by atoms with Gasteiger partial charge in [0.1, 0.15) is 11.5 Å². The van der Waals surface area contributed by atoms with Crippen LogP contribution in [0.1, 0.15) is 43.4 Å². The molecule has 0 aliphatic heterocycles. The monoisotopic (exact) mass is 358 g/mol. The van der Waals surface area contributed by atoms with E-state index in [1.54, 1.807) is 0 Å². The Kier molecular flexibility index (Phi) is 6.49. The summed E-state index contributed by atoms with van der Waals surface area (Å²) < 4.78 is 6.12. The van der Waals surface area contributed by atoms with Gasteiger partial charge >= 0.3 is 0 Å². The Morgan fingerprint density at radius 2 is 1.88 bits per heavy atom. The zero-order chi connectivity index (χ0) is 18.6. The summed E-state index contributed by atoms with van der Waals surface area (Å²) in [4.78, 5) is 6.60. The van der Waals surface area contributed by atoms with E-state index < -0.39 is 0 Å². The summed E-state index contributed by atoms with van der Waals surface area (Å²) in [7, 11) is 2.01. The molecule has 2 rings (SSSR count). The highest BCUT2D eigenvalue weighted by Gasteiger charge is 2.10. The molecule has 0 saturated heterocycles. The fourth-order valence-corrected chi connectivity index (χ4v) is 2.76. The van der Waals surface area contributed by atoms with E-state index in [4.69, 9.17) is 16.3 Å². The minimum Gasteiger partial charge on any atom is -0.457 e. The van der Waals surface area contributed by atoms with Gasteiger partial charge in [-0.05, 0) is 73.7 Å². The molecule has 0 radical (unpaired) electrons. The maximum atomic E-state index is 6.27. The van der Waals surface area contributed by atoms with Crippen molar-refractivity contribution in [3.8, 4) is 11.5 Å². The van der Waals surface area contributed by atoms with Gasteiger partial charge in [0.15, 0.2) is 0 Å². The van der Waals surface area contributed by atoms with Crippen molar-refractivity contribution >= 4 is 23.6 Å². The van der Waals surface area contributed by atoms with E-state index in [0.717, 1.165) is 45.4 Å². The smallest absolute Gasteiger partial charge is 0.130 e. The molecule has 3 nitrogen and oxygen atoms in total. The molecule has 2 aromatic rings. The van der Waals surface area contributed by atoms with Gasteiger partial charge in [0.2, 0.25) is 0 Å². The fraction of sp³-hybridized carbons (Fsp3) is 0.381. The van der Waals surface area contributed by atoms with Crippen molar-refractivity contribution < 1.29 is 4.74 Å². The summed E-state index contributed by atoms with van der Waals surface area (Å²) in [5, 5.41) is 0.778. The number of aliphatic imine (C=N–C) groups is 1. The Labute approximate surface area is 156 Å². The van der Waals surface area contributed by atoms with Crippen molar-refractivity contribution in [3.05, 3.63) is 52.0 Å². The minimum atomic E-state index is 0.353. The van der Waals surface area contributed by atoms with Crippen LogP contribution in [0.4, 0.5) is 5.69 Å². The maximum absolute atomic E-state index is 6.27. The summed E-state index contributed by atoms with van der Waals surface area (Å²) in [6.45, 7) is 11.4. The largest absolute Gasteiger partial charge is 0.457 e. The van der Waals surface area contributed by atoms with E-state index in [-0.39, 0.29) is 0 Å². The number of benzene rings is 2. The van der Waals surface area contributed by atoms with E-state index in [2.05, 4.69) is 31.8 Å². The molecule has 0 saturated carbocycles. The van der Waals surface area contributed by atoms with E-state index in [1.165, 1.54) is 0 Å². The van der Waals surface area contributed by atoms with Crippen molar-refractivity contribution in [2.24, 2.45) is 4.99 Å². The van der Waals surface area contributed by atoms with Crippen molar-refractivity contribution in [2.45, 2.75) is 40.5 Å².